The second-order valence-electron chi connectivity index (χ2n) is 3.93. The van der Waals surface area contributed by atoms with E-state index in [2.05, 4.69) is 21.2 Å². The number of hydrogen-bond donors (Lipinski definition) is 1. The summed E-state index contributed by atoms with van der Waals surface area (Å²) in [6.45, 7) is 1.04. The molecule has 17 heavy (non-hydrogen) atoms. The molecule has 0 atom stereocenters. The van der Waals surface area contributed by atoms with E-state index in [-0.39, 0.29) is 12.5 Å². The molecule has 0 bridgehead atoms. The average molecular weight is 299 g/mol. The Morgan fingerprint density at radius 3 is 3.12 bits per heavy atom. The van der Waals surface area contributed by atoms with Crippen LogP contribution in [0.4, 0.5) is 5.69 Å². The van der Waals surface area contributed by atoms with Crippen molar-refractivity contribution in [2.24, 2.45) is 0 Å². The number of nitrogens with one attached hydrogen (secondary N) is 1. The molecule has 92 valence electrons. The summed E-state index contributed by atoms with van der Waals surface area (Å²) in [7, 11) is 1.78. The summed E-state index contributed by atoms with van der Waals surface area (Å²) in [6, 6.07) is 5.99. The Hall–Kier alpha value is -1.07. The monoisotopic (exact) mass is 298 g/mol. The predicted molar refractivity (Wildman–Crippen MR) is 70.8 cm³/mol. The normalized spacial score (nSPS) is 14.5. The highest BCUT2D eigenvalue weighted by molar-refractivity contribution is 9.09. The third kappa shape index (κ3) is 2.79. The van der Waals surface area contributed by atoms with Crippen molar-refractivity contribution in [3.05, 3.63) is 23.8 Å². The zero-order chi connectivity index (χ0) is 12.3. The molecule has 1 N–H and O–H groups in total. The number of carbonyl (C=O) groups is 1. The predicted octanol–water partition coefficient (Wildman–Crippen LogP) is 1.53. The number of alkyl halides is 1. The second kappa shape index (κ2) is 5.51. The smallest absolute Gasteiger partial charge is 0.264 e. The Kier molecular flexibility index (Phi) is 4.02. The van der Waals surface area contributed by atoms with Crippen LogP contribution in [-0.4, -0.2) is 31.6 Å². The lowest BCUT2D eigenvalue weighted by molar-refractivity contribution is -0.120. The summed E-state index contributed by atoms with van der Waals surface area (Å²) in [5, 5.41) is 3.20. The van der Waals surface area contributed by atoms with Gasteiger partial charge in [-0.1, -0.05) is 22.0 Å². The van der Waals surface area contributed by atoms with Crippen molar-refractivity contribution in [2.45, 2.75) is 6.42 Å². The van der Waals surface area contributed by atoms with Crippen LogP contribution in [-0.2, 0) is 11.2 Å². The number of fused-ring (bicyclic) bond motifs is 1. The summed E-state index contributed by atoms with van der Waals surface area (Å²) in [6.07, 6.45) is 0.931. The summed E-state index contributed by atoms with van der Waals surface area (Å²) < 4.78 is 5.37. The Balaban J connectivity index is 2.14. The molecular formula is C12H15BrN2O2. The molecule has 1 amide bonds. The van der Waals surface area contributed by atoms with E-state index in [0.29, 0.717) is 0 Å². The zero-order valence-corrected chi connectivity index (χ0v) is 11.3. The minimum absolute atomic E-state index is 0.00627. The lowest BCUT2D eigenvalue weighted by atomic mass is 10.1. The summed E-state index contributed by atoms with van der Waals surface area (Å²) in [5.41, 5.74) is 2.85. The van der Waals surface area contributed by atoms with Crippen LogP contribution >= 0.6 is 15.9 Å². The van der Waals surface area contributed by atoms with Crippen molar-refractivity contribution < 1.29 is 9.53 Å². The average Bonchev–Trinajstić information content (AvgIpc) is 2.35. The van der Waals surface area contributed by atoms with Crippen LogP contribution in [0.1, 0.15) is 5.56 Å². The van der Waals surface area contributed by atoms with Crippen LogP contribution in [0.15, 0.2) is 18.2 Å². The molecule has 2 rings (SSSR count). The Morgan fingerprint density at radius 2 is 2.35 bits per heavy atom. The quantitative estimate of drug-likeness (QED) is 0.521. The van der Waals surface area contributed by atoms with Crippen LogP contribution in [0.25, 0.3) is 0 Å². The first-order chi connectivity index (χ1) is 8.22. The van der Waals surface area contributed by atoms with Crippen LogP contribution < -0.4 is 15.0 Å². The van der Waals surface area contributed by atoms with Gasteiger partial charge in [0.1, 0.15) is 5.75 Å². The first-order valence-electron chi connectivity index (χ1n) is 5.51. The van der Waals surface area contributed by atoms with Crippen molar-refractivity contribution in [1.29, 1.82) is 0 Å². The minimum atomic E-state index is -0.00627. The molecule has 0 fully saturated rings. The molecule has 1 heterocycles. The molecule has 0 radical (unpaired) electrons. The van der Waals surface area contributed by atoms with E-state index in [1.165, 1.54) is 5.56 Å². The van der Waals surface area contributed by atoms with Gasteiger partial charge in [-0.15, -0.1) is 0 Å². The highest BCUT2D eigenvalue weighted by Gasteiger charge is 2.21. The van der Waals surface area contributed by atoms with Gasteiger partial charge in [-0.25, -0.2) is 0 Å². The number of halogens is 1. The zero-order valence-electron chi connectivity index (χ0n) is 9.70. The number of benzene rings is 1. The molecule has 1 aliphatic rings. The van der Waals surface area contributed by atoms with Crippen molar-refractivity contribution in [1.82, 2.24) is 5.32 Å². The van der Waals surface area contributed by atoms with Crippen LogP contribution in [0.2, 0.25) is 0 Å². The van der Waals surface area contributed by atoms with Crippen molar-refractivity contribution in [2.75, 3.05) is 30.6 Å². The fraction of sp³-hybridized carbons (Fsp3) is 0.417. The number of nitrogens with zero attached hydrogens (tertiary/aromatic N) is 1. The molecule has 0 aliphatic carbocycles. The lowest BCUT2D eigenvalue weighted by Crippen LogP contribution is -2.35. The molecule has 1 aromatic carbocycles. The molecule has 0 saturated carbocycles. The molecule has 1 aromatic rings. The molecule has 0 saturated heterocycles. The van der Waals surface area contributed by atoms with E-state index in [1.54, 1.807) is 11.9 Å². The number of hydrogen-bond acceptors (Lipinski definition) is 3. The van der Waals surface area contributed by atoms with Gasteiger partial charge in [0.25, 0.3) is 5.91 Å². The van der Waals surface area contributed by atoms with Gasteiger partial charge < -0.3 is 15.0 Å². The van der Waals surface area contributed by atoms with Crippen molar-refractivity contribution in [3.63, 3.8) is 0 Å². The Bertz CT molecular complexity index is 423. The number of likely N-dealkylation sites (N-methyl/N-ethyl adjacent to an activating group) is 1. The van der Waals surface area contributed by atoms with E-state index in [1.807, 2.05) is 18.2 Å². The van der Waals surface area contributed by atoms with E-state index in [9.17, 15) is 4.79 Å². The van der Waals surface area contributed by atoms with Crippen molar-refractivity contribution in [3.8, 4) is 5.75 Å². The topological polar surface area (TPSA) is 41.6 Å². The van der Waals surface area contributed by atoms with Gasteiger partial charge in [-0.05, 0) is 30.7 Å². The Morgan fingerprint density at radius 1 is 1.53 bits per heavy atom. The minimum Gasteiger partial charge on any atom is -0.482 e. The SMILES string of the molecule is CN1C(=O)COc2ccc(CCNCBr)cc21. The standard InChI is InChI=1S/C12H15BrN2O2/c1-15-10-6-9(4-5-14-8-13)2-3-11(10)17-7-12(15)16/h2-3,6,14H,4-5,7-8H2,1H3. The molecule has 0 spiro atoms. The van der Waals surface area contributed by atoms with Crippen LogP contribution in [0.3, 0.4) is 0 Å². The highest BCUT2D eigenvalue weighted by atomic mass is 79.9. The number of rotatable bonds is 4. The number of anilines is 1. The highest BCUT2D eigenvalue weighted by Crippen LogP contribution is 2.31. The van der Waals surface area contributed by atoms with Gasteiger partial charge in [-0.2, -0.15) is 0 Å². The summed E-state index contributed by atoms with van der Waals surface area (Å²) >= 11 is 3.32. The number of ether oxygens (including phenoxy) is 1. The fourth-order valence-corrected chi connectivity index (χ4v) is 2.05. The number of amides is 1. The fourth-order valence-electron chi connectivity index (χ4n) is 1.77. The maximum atomic E-state index is 11.5. The third-order valence-electron chi connectivity index (χ3n) is 2.79. The lowest BCUT2D eigenvalue weighted by Gasteiger charge is -2.26. The maximum absolute atomic E-state index is 11.5. The summed E-state index contributed by atoms with van der Waals surface area (Å²) in [5.74, 6) is 0.775. The third-order valence-corrected chi connectivity index (χ3v) is 3.19. The van der Waals surface area contributed by atoms with Crippen LogP contribution in [0, 0.1) is 0 Å². The van der Waals surface area contributed by atoms with E-state index in [4.69, 9.17) is 4.74 Å². The van der Waals surface area contributed by atoms with E-state index >= 15 is 0 Å². The van der Waals surface area contributed by atoms with Gasteiger partial charge in [0.15, 0.2) is 6.61 Å². The van der Waals surface area contributed by atoms with Crippen LogP contribution in [0.5, 0.6) is 5.75 Å². The molecule has 5 heteroatoms. The molecular weight excluding hydrogens is 284 g/mol. The number of carbonyl (C=O) groups excluding carboxylic acids is 1. The Labute approximate surface area is 109 Å². The van der Waals surface area contributed by atoms with Gasteiger partial charge in [0.05, 0.1) is 11.1 Å². The largest absolute Gasteiger partial charge is 0.482 e. The van der Waals surface area contributed by atoms with E-state index in [0.717, 1.165) is 29.9 Å². The van der Waals surface area contributed by atoms with Gasteiger partial charge >= 0.3 is 0 Å². The molecule has 1 aliphatic heterocycles. The summed E-state index contributed by atoms with van der Waals surface area (Å²) in [4.78, 5) is 13.2. The van der Waals surface area contributed by atoms with E-state index < -0.39 is 0 Å². The first-order valence-corrected chi connectivity index (χ1v) is 6.63. The van der Waals surface area contributed by atoms with Crippen molar-refractivity contribution >= 4 is 27.5 Å². The first kappa shape index (κ1) is 12.4. The second-order valence-corrected chi connectivity index (χ2v) is 4.49. The molecule has 4 nitrogen and oxygen atoms in total. The van der Waals surface area contributed by atoms with Gasteiger partial charge in [-0.3, -0.25) is 4.79 Å². The maximum Gasteiger partial charge on any atom is 0.264 e. The van der Waals surface area contributed by atoms with Gasteiger partial charge in [0.2, 0.25) is 0 Å². The molecule has 0 unspecified atom stereocenters. The molecule has 0 aromatic heterocycles. The van der Waals surface area contributed by atoms with Gasteiger partial charge in [0, 0.05) is 7.05 Å².